The first-order valence-electron chi connectivity index (χ1n) is 29.3. The van der Waals surface area contributed by atoms with Crippen LogP contribution in [0.5, 0.6) is 0 Å². The van der Waals surface area contributed by atoms with Crippen molar-refractivity contribution < 1.29 is 73.4 Å². The van der Waals surface area contributed by atoms with E-state index in [4.69, 9.17) is 15.0 Å². The van der Waals surface area contributed by atoms with E-state index in [-0.39, 0.29) is 79.5 Å². The highest BCUT2D eigenvalue weighted by Gasteiger charge is 2.46. The molecule has 2 aliphatic rings. The number of carbonyl (C=O) groups is 4. The van der Waals surface area contributed by atoms with Crippen LogP contribution < -0.4 is 32.1 Å². The van der Waals surface area contributed by atoms with Gasteiger partial charge in [0, 0.05) is 92.9 Å². The Morgan fingerprint density at radius 1 is 0.944 bits per heavy atom. The first-order chi connectivity index (χ1) is 42.5. The number of aromatic nitrogens is 4. The normalized spacial score (nSPS) is 16.7. The van der Waals surface area contributed by atoms with Crippen molar-refractivity contribution in [1.29, 1.82) is 0 Å². The molecule has 4 amide bonds. The number of benzene rings is 2. The minimum atomic E-state index is -5.22. The summed E-state index contributed by atoms with van der Waals surface area (Å²) in [6.45, 7) is 5.81. The van der Waals surface area contributed by atoms with E-state index in [9.17, 15) is 55.7 Å². The summed E-state index contributed by atoms with van der Waals surface area (Å²) in [6.07, 6.45) is 10.3. The van der Waals surface area contributed by atoms with Gasteiger partial charge in [0.1, 0.15) is 23.4 Å². The number of unbranched alkanes of at least 4 members (excludes halogenated alkanes) is 7. The molecule has 0 spiro atoms. The quantitative estimate of drug-likeness (QED) is 0.0127. The molecule has 2 unspecified atom stereocenters. The van der Waals surface area contributed by atoms with E-state index in [1.165, 1.54) is 31.8 Å². The van der Waals surface area contributed by atoms with Gasteiger partial charge in [0.25, 0.3) is 11.5 Å². The second kappa shape index (κ2) is 29.8. The summed E-state index contributed by atoms with van der Waals surface area (Å²) in [5, 5.41) is 9.25. The number of hydrogen-bond donors (Lipinski definition) is 7. The number of anilines is 2. The molecule has 0 saturated carbocycles. The number of likely N-dealkylation sites (tertiary alicyclic amines) is 1. The number of sulfone groups is 1. The van der Waals surface area contributed by atoms with Gasteiger partial charge >= 0.3 is 15.6 Å². The van der Waals surface area contributed by atoms with Crippen LogP contribution in [-0.4, -0.2) is 124 Å². The highest BCUT2D eigenvalue weighted by Crippen LogP contribution is 2.60. The van der Waals surface area contributed by atoms with E-state index in [1.807, 2.05) is 31.2 Å². The number of hydrogen-bond acceptors (Lipinski definition) is 18. The number of phosphoric ester groups is 2. The van der Waals surface area contributed by atoms with Gasteiger partial charge in [-0.15, -0.1) is 11.3 Å². The largest absolute Gasteiger partial charge is 0.483 e. The summed E-state index contributed by atoms with van der Waals surface area (Å²) in [4.78, 5) is 105. The van der Waals surface area contributed by atoms with Crippen molar-refractivity contribution in [3.8, 4) is 21.6 Å². The van der Waals surface area contributed by atoms with Gasteiger partial charge in [0.2, 0.25) is 17.7 Å². The molecule has 0 aliphatic carbocycles. The number of nitrogens with zero attached hydrogens (tertiary/aromatic N) is 5. The molecule has 6 heterocycles. The molecular weight excluding hydrogens is 1250 g/mol. The van der Waals surface area contributed by atoms with Gasteiger partial charge in [-0.1, -0.05) is 83.6 Å². The first kappa shape index (κ1) is 69.3. The van der Waals surface area contributed by atoms with Crippen molar-refractivity contribution in [3.63, 3.8) is 0 Å². The standard InChI is InChI=1S/C59H76F2N10O15P2S2/c1-36-52(89-34-67-36)38-18-16-37(17-19-38)27-66-56(74)48-25-42(83-35-85-88(79,80)86-87(77,78)84-22-20-62)31-71(48)58(76)53(59(2,3)4)68-49(72)15-13-11-9-7-8-10-12-14-21-63-55(73)43-26-47-44(23-39(43)33-90(6,81)82)45-32-69(5)57(75)51-50(45)40(28-64-51)30-70(47)54-46(61)24-41(60)29-65-54/h16-19,23-24,26,28-29,32,34,42,48,53,64H,7-15,20-22,25,27,30-31,33,35,62H2,1-6H3,(H,63,73)(H,66,74)(H,68,72)(H,77,78)(H,79,80)/t42-,48+,53-/m1/s1. The fraction of sp³-hybridized carbons (Fsp3) is 0.475. The number of fused-ring (bicyclic) bond motifs is 2. The molecule has 0 radical (unpaired) electrons. The summed E-state index contributed by atoms with van der Waals surface area (Å²) in [5.41, 5.74) is 10.8. The molecule has 488 valence electrons. The van der Waals surface area contributed by atoms with Gasteiger partial charge in [-0.3, -0.25) is 33.0 Å². The van der Waals surface area contributed by atoms with Gasteiger partial charge in [0.15, 0.2) is 28.3 Å². The second-order valence-corrected chi connectivity index (χ2v) is 29.5. The van der Waals surface area contributed by atoms with Crippen LogP contribution in [0.4, 0.5) is 20.3 Å². The molecule has 90 heavy (non-hydrogen) atoms. The Hall–Kier alpha value is -6.62. The fourth-order valence-corrected chi connectivity index (χ4v) is 14.5. The molecule has 25 nitrogen and oxygen atoms in total. The SMILES string of the molecule is Cc1ncsc1-c1ccc(CNC(=O)[C@@H]2C[C@@H](OCOP(=O)(O)OP(=O)(O)OCCN)CN2C(=O)[C@@H](NC(=O)CCCCCCCCCCNC(=O)c2cc3c(cc2CS(C)(=O)=O)-c2cn(C)c(=O)c4[nH]cc(c24)CN3c2ncc(F)cc2F)C(C)(C)C)cc1. The summed E-state index contributed by atoms with van der Waals surface area (Å²) in [5.74, 6) is -4.63. The second-order valence-electron chi connectivity index (χ2n) is 23.5. The Kier molecular flexibility index (Phi) is 22.9. The Morgan fingerprint density at radius 2 is 1.63 bits per heavy atom. The van der Waals surface area contributed by atoms with Gasteiger partial charge in [-0.25, -0.2) is 36.3 Å². The van der Waals surface area contributed by atoms with Crippen LogP contribution >= 0.6 is 27.0 Å². The van der Waals surface area contributed by atoms with E-state index in [0.717, 1.165) is 72.7 Å². The number of pyridine rings is 2. The summed E-state index contributed by atoms with van der Waals surface area (Å²) in [7, 11) is -12.4. The van der Waals surface area contributed by atoms with Crippen molar-refractivity contribution in [3.05, 3.63) is 117 Å². The molecule has 1 fully saturated rings. The average Bonchev–Trinajstić information content (AvgIpc) is 1.54. The van der Waals surface area contributed by atoms with Crippen LogP contribution in [0.25, 0.3) is 32.5 Å². The molecule has 2 aromatic carbocycles. The summed E-state index contributed by atoms with van der Waals surface area (Å²) >= 11 is 1.51. The molecule has 0 bridgehead atoms. The zero-order valence-corrected chi connectivity index (χ0v) is 54.2. The lowest BCUT2D eigenvalue weighted by Gasteiger charge is -2.35. The molecule has 6 aromatic rings. The Morgan fingerprint density at radius 3 is 2.29 bits per heavy atom. The van der Waals surface area contributed by atoms with Gasteiger partial charge < -0.3 is 55.6 Å². The first-order valence-corrected chi connectivity index (χ1v) is 35.2. The van der Waals surface area contributed by atoms with E-state index in [0.29, 0.717) is 46.7 Å². The van der Waals surface area contributed by atoms with Crippen molar-refractivity contribution in [2.24, 2.45) is 18.2 Å². The highest BCUT2D eigenvalue weighted by molar-refractivity contribution is 7.89. The van der Waals surface area contributed by atoms with Crippen LogP contribution in [0, 0.1) is 24.0 Å². The number of carbonyl (C=O) groups excluding carboxylic acids is 4. The third-order valence-corrected chi connectivity index (χ3v) is 19.7. The summed E-state index contributed by atoms with van der Waals surface area (Å²) in [6, 6.07) is 9.12. The molecule has 8 rings (SSSR count). The van der Waals surface area contributed by atoms with E-state index in [1.54, 1.807) is 51.8 Å². The molecule has 1 saturated heterocycles. The number of nitrogens with one attached hydrogen (secondary N) is 4. The van der Waals surface area contributed by atoms with Crippen LogP contribution in [0.1, 0.15) is 118 Å². The molecule has 4 aromatic heterocycles. The maximum atomic E-state index is 15.6. The number of phosphoric acid groups is 2. The lowest BCUT2D eigenvalue weighted by molar-refractivity contribution is -0.144. The summed E-state index contributed by atoms with van der Waals surface area (Å²) < 4.78 is 101. The van der Waals surface area contributed by atoms with Crippen molar-refractivity contribution in [2.45, 2.75) is 129 Å². The number of thiazole rings is 1. The number of H-pyrrole nitrogens is 1. The van der Waals surface area contributed by atoms with Gasteiger partial charge in [0.05, 0.1) is 53.0 Å². The third-order valence-electron chi connectivity index (χ3n) is 15.3. The smallest absolute Gasteiger partial charge is 0.356 e. The van der Waals surface area contributed by atoms with Crippen molar-refractivity contribution in [1.82, 2.24) is 40.4 Å². The lowest BCUT2D eigenvalue weighted by Crippen LogP contribution is -2.57. The predicted molar refractivity (Wildman–Crippen MR) is 334 cm³/mol. The van der Waals surface area contributed by atoms with Crippen LogP contribution in [0.2, 0.25) is 0 Å². The number of amides is 4. The van der Waals surface area contributed by atoms with E-state index in [2.05, 4.69) is 39.7 Å². The Labute approximate surface area is 523 Å². The Balaban J connectivity index is 0.823. The monoisotopic (exact) mass is 1330 g/mol. The van der Waals surface area contributed by atoms with Gasteiger partial charge in [-0.2, -0.15) is 4.31 Å². The minimum absolute atomic E-state index is 0.0317. The number of aromatic amines is 1. The van der Waals surface area contributed by atoms with Crippen LogP contribution in [0.3, 0.4) is 0 Å². The van der Waals surface area contributed by atoms with Crippen LogP contribution in [0.15, 0.2) is 71.4 Å². The number of nitrogens with two attached hydrogens (primary N) is 1. The number of halogens is 2. The molecule has 8 N–H and O–H groups in total. The number of aryl methyl sites for hydroxylation is 2. The third kappa shape index (κ3) is 17.9. The predicted octanol–water partition coefficient (Wildman–Crippen LogP) is 8.08. The number of rotatable bonds is 30. The van der Waals surface area contributed by atoms with Crippen molar-refractivity contribution >= 4 is 82.9 Å². The topological polar surface area (TPSA) is 346 Å². The van der Waals surface area contributed by atoms with Crippen LogP contribution in [-0.2, 0) is 77.3 Å². The molecular formula is C59H76F2N10O15P2S2. The maximum Gasteiger partial charge on any atom is 0.483 e. The van der Waals surface area contributed by atoms with Gasteiger partial charge in [-0.05, 0) is 59.6 Å². The molecule has 2 aliphatic heterocycles. The zero-order valence-electron chi connectivity index (χ0n) is 50.8. The molecule has 5 atom stereocenters. The minimum Gasteiger partial charge on any atom is -0.356 e. The molecule has 31 heteroatoms. The zero-order chi connectivity index (χ0) is 65.3. The van der Waals surface area contributed by atoms with Crippen molar-refractivity contribution in [2.75, 3.05) is 44.2 Å². The average molecular weight is 1330 g/mol. The number of ether oxygens (including phenoxy) is 1. The van der Waals surface area contributed by atoms with E-state index >= 15 is 4.39 Å². The highest BCUT2D eigenvalue weighted by atomic mass is 32.2. The maximum absolute atomic E-state index is 15.6. The van der Waals surface area contributed by atoms with E-state index < -0.39 is 97.6 Å². The lowest BCUT2D eigenvalue weighted by atomic mass is 9.85. The Bertz CT molecular complexity index is 3880. The fourth-order valence-electron chi connectivity index (χ4n) is 10.9.